The fourth-order valence-electron chi connectivity index (χ4n) is 3.13. The monoisotopic (exact) mass is 350 g/mol. The van der Waals surface area contributed by atoms with E-state index in [1.54, 1.807) is 0 Å². The predicted octanol–water partition coefficient (Wildman–Crippen LogP) is 4.68. The number of nitrogens with one attached hydrogen (secondary N) is 1. The maximum absolute atomic E-state index is 4.69. The van der Waals surface area contributed by atoms with Crippen molar-refractivity contribution >= 4 is 27.3 Å². The van der Waals surface area contributed by atoms with Crippen LogP contribution in [0.3, 0.4) is 0 Å². The first-order valence-electron chi connectivity index (χ1n) is 7.22. The third-order valence-electron chi connectivity index (χ3n) is 3.97. The summed E-state index contributed by atoms with van der Waals surface area (Å²) < 4.78 is 1.20. The van der Waals surface area contributed by atoms with Crippen LogP contribution < -0.4 is 5.32 Å². The molecule has 4 heteroatoms. The van der Waals surface area contributed by atoms with Gasteiger partial charge in [0.1, 0.15) is 0 Å². The standard InChI is InChI=1S/C16H19BrN2S/c1-2-18-16(13-8-9-14(17)20-13)12-7-3-5-11-6-4-10-19-15(11)12/h4,6,8-10,12,16,18H,2-3,5,7H2,1H3. The van der Waals surface area contributed by atoms with Crippen LogP contribution in [0.15, 0.2) is 34.2 Å². The number of aromatic nitrogens is 1. The minimum absolute atomic E-state index is 0.380. The number of aryl methyl sites for hydroxylation is 1. The second kappa shape index (κ2) is 6.37. The van der Waals surface area contributed by atoms with E-state index in [4.69, 9.17) is 0 Å². The smallest absolute Gasteiger partial charge is 0.0701 e. The number of thiophene rings is 1. The Hall–Kier alpha value is -0.710. The molecule has 1 aliphatic rings. The lowest BCUT2D eigenvalue weighted by Gasteiger charge is -2.31. The molecule has 2 atom stereocenters. The lowest BCUT2D eigenvalue weighted by molar-refractivity contribution is 0.405. The van der Waals surface area contributed by atoms with E-state index >= 15 is 0 Å². The molecular formula is C16H19BrN2S. The van der Waals surface area contributed by atoms with Crippen LogP contribution in [0.25, 0.3) is 0 Å². The molecular weight excluding hydrogens is 332 g/mol. The fraction of sp³-hybridized carbons (Fsp3) is 0.438. The van der Waals surface area contributed by atoms with Crippen molar-refractivity contribution in [3.05, 3.63) is 50.4 Å². The predicted molar refractivity (Wildman–Crippen MR) is 88.4 cm³/mol. The molecule has 0 amide bonds. The van der Waals surface area contributed by atoms with Crippen molar-refractivity contribution in [1.29, 1.82) is 0 Å². The van der Waals surface area contributed by atoms with Gasteiger partial charge in [-0.3, -0.25) is 4.98 Å². The molecule has 0 radical (unpaired) electrons. The van der Waals surface area contributed by atoms with Crippen LogP contribution in [0.5, 0.6) is 0 Å². The molecule has 0 saturated carbocycles. The van der Waals surface area contributed by atoms with Crippen LogP contribution in [0, 0.1) is 0 Å². The zero-order valence-corrected chi connectivity index (χ0v) is 14.0. The molecule has 106 valence electrons. The summed E-state index contributed by atoms with van der Waals surface area (Å²) in [6.45, 7) is 3.16. The van der Waals surface area contributed by atoms with E-state index in [1.807, 2.05) is 17.5 Å². The van der Waals surface area contributed by atoms with E-state index in [2.05, 4.69) is 57.4 Å². The van der Waals surface area contributed by atoms with Crippen molar-refractivity contribution in [1.82, 2.24) is 10.3 Å². The topological polar surface area (TPSA) is 24.9 Å². The summed E-state index contributed by atoms with van der Waals surface area (Å²) in [6, 6.07) is 9.06. The van der Waals surface area contributed by atoms with Crippen molar-refractivity contribution in [2.75, 3.05) is 6.54 Å². The van der Waals surface area contributed by atoms with Gasteiger partial charge >= 0.3 is 0 Å². The molecule has 1 N–H and O–H groups in total. The molecule has 2 heterocycles. The number of hydrogen-bond donors (Lipinski definition) is 1. The third kappa shape index (κ3) is 2.83. The minimum Gasteiger partial charge on any atom is -0.309 e. The summed E-state index contributed by atoms with van der Waals surface area (Å²) in [5, 5.41) is 3.67. The van der Waals surface area contributed by atoms with Gasteiger partial charge in [-0.25, -0.2) is 0 Å². The average molecular weight is 351 g/mol. The molecule has 0 aromatic carbocycles. The zero-order chi connectivity index (χ0) is 13.9. The van der Waals surface area contributed by atoms with E-state index in [-0.39, 0.29) is 0 Å². The van der Waals surface area contributed by atoms with Crippen molar-refractivity contribution in [3.8, 4) is 0 Å². The van der Waals surface area contributed by atoms with Gasteiger partial charge in [-0.15, -0.1) is 11.3 Å². The molecule has 2 aromatic heterocycles. The van der Waals surface area contributed by atoms with E-state index in [0.29, 0.717) is 12.0 Å². The van der Waals surface area contributed by atoms with Crippen LogP contribution in [-0.4, -0.2) is 11.5 Å². The summed E-state index contributed by atoms with van der Waals surface area (Å²) in [5.74, 6) is 0.491. The Morgan fingerprint density at radius 2 is 2.35 bits per heavy atom. The highest BCUT2D eigenvalue weighted by Gasteiger charge is 2.30. The second-order valence-electron chi connectivity index (χ2n) is 5.22. The Morgan fingerprint density at radius 1 is 1.45 bits per heavy atom. The quantitative estimate of drug-likeness (QED) is 0.865. The van der Waals surface area contributed by atoms with Gasteiger partial charge in [-0.1, -0.05) is 13.0 Å². The first-order valence-corrected chi connectivity index (χ1v) is 8.83. The van der Waals surface area contributed by atoms with Crippen molar-refractivity contribution < 1.29 is 0 Å². The summed E-state index contributed by atoms with van der Waals surface area (Å²) in [4.78, 5) is 6.09. The fourth-order valence-corrected chi connectivity index (χ4v) is 4.69. The van der Waals surface area contributed by atoms with Crippen molar-refractivity contribution in [2.24, 2.45) is 0 Å². The maximum Gasteiger partial charge on any atom is 0.0701 e. The van der Waals surface area contributed by atoms with Gasteiger partial charge in [0.15, 0.2) is 0 Å². The number of hydrogen-bond acceptors (Lipinski definition) is 3. The second-order valence-corrected chi connectivity index (χ2v) is 7.72. The van der Waals surface area contributed by atoms with Gasteiger partial charge in [0.05, 0.1) is 3.79 Å². The average Bonchev–Trinajstić information content (AvgIpc) is 2.91. The molecule has 0 bridgehead atoms. The van der Waals surface area contributed by atoms with Gasteiger partial charge in [0.25, 0.3) is 0 Å². The number of fused-ring (bicyclic) bond motifs is 1. The lowest BCUT2D eigenvalue weighted by atomic mass is 9.81. The highest BCUT2D eigenvalue weighted by Crippen LogP contribution is 2.41. The molecule has 2 nitrogen and oxygen atoms in total. The number of pyridine rings is 1. The van der Waals surface area contributed by atoms with Gasteiger partial charge in [-0.2, -0.15) is 0 Å². The van der Waals surface area contributed by atoms with E-state index in [0.717, 1.165) is 6.54 Å². The highest BCUT2D eigenvalue weighted by molar-refractivity contribution is 9.11. The summed E-state index contributed by atoms with van der Waals surface area (Å²) >= 11 is 5.41. The molecule has 2 aromatic rings. The number of likely N-dealkylation sites (N-methyl/N-ethyl adjacent to an activating group) is 1. The van der Waals surface area contributed by atoms with Gasteiger partial charge in [0, 0.05) is 28.7 Å². The minimum atomic E-state index is 0.380. The van der Waals surface area contributed by atoms with E-state index < -0.39 is 0 Å². The number of rotatable bonds is 4. The van der Waals surface area contributed by atoms with Gasteiger partial charge in [0.2, 0.25) is 0 Å². The highest BCUT2D eigenvalue weighted by atomic mass is 79.9. The first-order chi connectivity index (χ1) is 9.79. The number of nitrogens with zero attached hydrogens (tertiary/aromatic N) is 1. The molecule has 3 rings (SSSR count). The Bertz CT molecular complexity index is 581. The summed E-state index contributed by atoms with van der Waals surface area (Å²) in [7, 11) is 0. The number of halogens is 1. The van der Waals surface area contributed by atoms with E-state index in [1.165, 1.54) is 39.2 Å². The molecule has 0 aliphatic heterocycles. The molecule has 1 aliphatic carbocycles. The Labute approximate surface area is 132 Å². The van der Waals surface area contributed by atoms with Crippen molar-refractivity contribution in [2.45, 2.75) is 38.1 Å². The molecule has 0 fully saturated rings. The molecule has 20 heavy (non-hydrogen) atoms. The Kier molecular flexibility index (Phi) is 4.54. The molecule has 0 saturated heterocycles. The Balaban J connectivity index is 1.96. The van der Waals surface area contributed by atoms with Gasteiger partial charge < -0.3 is 5.32 Å². The summed E-state index contributed by atoms with van der Waals surface area (Å²) in [6.07, 6.45) is 5.59. The van der Waals surface area contributed by atoms with Crippen LogP contribution in [0.2, 0.25) is 0 Å². The van der Waals surface area contributed by atoms with Gasteiger partial charge in [-0.05, 0) is 65.5 Å². The van der Waals surface area contributed by atoms with Crippen LogP contribution in [0.1, 0.15) is 47.9 Å². The van der Waals surface area contributed by atoms with Crippen LogP contribution >= 0.6 is 27.3 Å². The normalized spacial score (nSPS) is 19.6. The van der Waals surface area contributed by atoms with E-state index in [9.17, 15) is 0 Å². The van der Waals surface area contributed by atoms with Crippen molar-refractivity contribution in [3.63, 3.8) is 0 Å². The maximum atomic E-state index is 4.69. The molecule has 0 spiro atoms. The largest absolute Gasteiger partial charge is 0.309 e. The third-order valence-corrected chi connectivity index (χ3v) is 5.67. The zero-order valence-electron chi connectivity index (χ0n) is 11.6. The molecule has 2 unspecified atom stereocenters. The first kappa shape index (κ1) is 14.2. The Morgan fingerprint density at radius 3 is 3.10 bits per heavy atom. The van der Waals surface area contributed by atoms with Crippen LogP contribution in [-0.2, 0) is 6.42 Å². The van der Waals surface area contributed by atoms with Crippen LogP contribution in [0.4, 0.5) is 0 Å². The SMILES string of the molecule is CCNC(c1ccc(Br)s1)C1CCCc2cccnc21. The lowest BCUT2D eigenvalue weighted by Crippen LogP contribution is -2.29. The summed E-state index contributed by atoms with van der Waals surface area (Å²) in [5.41, 5.74) is 2.73.